The molecule has 0 bridgehead atoms. The molecule has 1 rings (SSSR count). The van der Waals surface area contributed by atoms with E-state index in [1.54, 1.807) is 13.2 Å². The molecular formula is C10H13N3O2. The molecule has 80 valence electrons. The molecule has 1 N–H and O–H groups in total. The molecule has 0 saturated carbocycles. The molecule has 5 heteroatoms. The lowest BCUT2D eigenvalue weighted by atomic mass is 10.1. The van der Waals surface area contributed by atoms with E-state index in [4.69, 9.17) is 15.4 Å². The van der Waals surface area contributed by atoms with Gasteiger partial charge in [-0.3, -0.25) is 0 Å². The van der Waals surface area contributed by atoms with E-state index in [9.17, 15) is 0 Å². The van der Waals surface area contributed by atoms with Gasteiger partial charge < -0.3 is 9.84 Å². The Hall–Kier alpha value is -1.71. The Labute approximate surface area is 87.9 Å². The third-order valence-electron chi connectivity index (χ3n) is 2.11. The van der Waals surface area contributed by atoms with Crippen LogP contribution in [0.15, 0.2) is 23.3 Å². The summed E-state index contributed by atoms with van der Waals surface area (Å²) in [5, 5.41) is 12.6. The van der Waals surface area contributed by atoms with E-state index in [1.165, 1.54) is 0 Å². The highest BCUT2D eigenvalue weighted by Gasteiger charge is 2.13. The van der Waals surface area contributed by atoms with Crippen LogP contribution < -0.4 is 4.74 Å². The molecule has 0 aliphatic heterocycles. The number of hydrogen-bond donors (Lipinski definition) is 1. The number of nitrogens with zero attached hydrogens (tertiary/aromatic N) is 3. The van der Waals surface area contributed by atoms with Crippen LogP contribution in [-0.2, 0) is 0 Å². The Morgan fingerprint density at radius 2 is 2.33 bits per heavy atom. The van der Waals surface area contributed by atoms with Crippen LogP contribution in [0.2, 0.25) is 0 Å². The van der Waals surface area contributed by atoms with Crippen molar-refractivity contribution in [2.24, 2.45) is 5.11 Å². The highest BCUT2D eigenvalue weighted by atomic mass is 16.5. The summed E-state index contributed by atoms with van der Waals surface area (Å²) in [5.74, 6) is 0.626. The molecule has 0 aromatic heterocycles. The normalized spacial score (nSPS) is 11.7. The summed E-state index contributed by atoms with van der Waals surface area (Å²) in [5.41, 5.74) is 10.1. The number of rotatable bonds is 4. The molecule has 1 atom stereocenters. The summed E-state index contributed by atoms with van der Waals surface area (Å²) in [6, 6.07) is 4.92. The average Bonchev–Trinajstić information content (AvgIpc) is 2.26. The summed E-state index contributed by atoms with van der Waals surface area (Å²) >= 11 is 0. The van der Waals surface area contributed by atoms with Crippen LogP contribution in [0.1, 0.15) is 17.2 Å². The van der Waals surface area contributed by atoms with Gasteiger partial charge in [-0.05, 0) is 24.1 Å². The van der Waals surface area contributed by atoms with E-state index < -0.39 is 6.04 Å². The van der Waals surface area contributed by atoms with Crippen LogP contribution in [0.4, 0.5) is 0 Å². The average molecular weight is 207 g/mol. The molecule has 1 aromatic carbocycles. The predicted octanol–water partition coefficient (Wildman–Crippen LogP) is 2.35. The van der Waals surface area contributed by atoms with Crippen molar-refractivity contribution in [2.75, 3.05) is 13.7 Å². The minimum atomic E-state index is -0.592. The molecule has 0 radical (unpaired) electrons. The first-order valence-electron chi connectivity index (χ1n) is 4.52. The topological polar surface area (TPSA) is 78.2 Å². The zero-order valence-electron chi connectivity index (χ0n) is 8.71. The van der Waals surface area contributed by atoms with Crippen LogP contribution in [0.3, 0.4) is 0 Å². The molecule has 1 unspecified atom stereocenters. The van der Waals surface area contributed by atoms with Crippen LogP contribution in [0.5, 0.6) is 5.75 Å². The van der Waals surface area contributed by atoms with Gasteiger partial charge in [0.25, 0.3) is 0 Å². The molecule has 1 aromatic rings. The van der Waals surface area contributed by atoms with Crippen LogP contribution in [-0.4, -0.2) is 18.8 Å². The molecule has 0 aliphatic rings. The lowest BCUT2D eigenvalue weighted by molar-refractivity contribution is 0.264. The van der Waals surface area contributed by atoms with Gasteiger partial charge in [0, 0.05) is 10.5 Å². The quantitative estimate of drug-likeness (QED) is 0.467. The van der Waals surface area contributed by atoms with Crippen molar-refractivity contribution in [3.8, 4) is 5.75 Å². The third kappa shape index (κ3) is 2.62. The number of aliphatic hydroxyl groups is 1. The molecular weight excluding hydrogens is 194 g/mol. The number of methoxy groups -OCH3 is 1. The molecule has 0 heterocycles. The summed E-state index contributed by atoms with van der Waals surface area (Å²) in [6.07, 6.45) is 0. The molecule has 0 fully saturated rings. The monoisotopic (exact) mass is 207 g/mol. The SMILES string of the molecule is COc1cc(C)ccc1C(CO)N=[N+]=[N-]. The number of aryl methyl sites for hydroxylation is 1. The second-order valence-corrected chi connectivity index (χ2v) is 3.15. The van der Waals surface area contributed by atoms with Gasteiger partial charge in [0.2, 0.25) is 0 Å². The largest absolute Gasteiger partial charge is 0.496 e. The second kappa shape index (κ2) is 5.24. The van der Waals surface area contributed by atoms with Gasteiger partial charge in [-0.25, -0.2) is 0 Å². The van der Waals surface area contributed by atoms with E-state index >= 15 is 0 Å². The van der Waals surface area contributed by atoms with Gasteiger partial charge in [-0.1, -0.05) is 17.2 Å². The Morgan fingerprint density at radius 3 is 2.87 bits per heavy atom. The van der Waals surface area contributed by atoms with E-state index in [1.807, 2.05) is 19.1 Å². The van der Waals surface area contributed by atoms with Crippen LogP contribution in [0, 0.1) is 6.92 Å². The third-order valence-corrected chi connectivity index (χ3v) is 2.11. The maximum Gasteiger partial charge on any atom is 0.122 e. The van der Waals surface area contributed by atoms with Crippen LogP contribution >= 0.6 is 0 Å². The number of aliphatic hydroxyl groups excluding tert-OH is 1. The van der Waals surface area contributed by atoms with E-state index in [0.717, 1.165) is 5.56 Å². The summed E-state index contributed by atoms with van der Waals surface area (Å²) in [4.78, 5) is 2.69. The number of benzene rings is 1. The maximum atomic E-state index is 9.08. The molecule has 15 heavy (non-hydrogen) atoms. The van der Waals surface area contributed by atoms with E-state index in [2.05, 4.69) is 10.0 Å². The Kier molecular flexibility index (Phi) is 3.97. The number of azide groups is 1. The molecule has 0 amide bonds. The van der Waals surface area contributed by atoms with E-state index in [-0.39, 0.29) is 6.61 Å². The van der Waals surface area contributed by atoms with Gasteiger partial charge in [-0.15, -0.1) is 0 Å². The van der Waals surface area contributed by atoms with Crippen molar-refractivity contribution in [2.45, 2.75) is 13.0 Å². The Morgan fingerprint density at radius 1 is 1.60 bits per heavy atom. The minimum Gasteiger partial charge on any atom is -0.496 e. The lowest BCUT2D eigenvalue weighted by Crippen LogP contribution is -2.03. The fourth-order valence-corrected chi connectivity index (χ4v) is 1.35. The summed E-state index contributed by atoms with van der Waals surface area (Å²) in [7, 11) is 1.54. The highest BCUT2D eigenvalue weighted by molar-refractivity contribution is 5.39. The van der Waals surface area contributed by atoms with Gasteiger partial charge in [0.15, 0.2) is 0 Å². The van der Waals surface area contributed by atoms with Gasteiger partial charge >= 0.3 is 0 Å². The first-order valence-corrected chi connectivity index (χ1v) is 4.52. The van der Waals surface area contributed by atoms with Crippen molar-refractivity contribution in [1.29, 1.82) is 0 Å². The van der Waals surface area contributed by atoms with Gasteiger partial charge in [-0.2, -0.15) is 0 Å². The highest BCUT2D eigenvalue weighted by Crippen LogP contribution is 2.28. The first-order chi connectivity index (χ1) is 7.22. The van der Waals surface area contributed by atoms with Gasteiger partial charge in [0.1, 0.15) is 5.75 Å². The van der Waals surface area contributed by atoms with Crippen molar-refractivity contribution < 1.29 is 9.84 Å². The van der Waals surface area contributed by atoms with E-state index in [0.29, 0.717) is 11.3 Å². The van der Waals surface area contributed by atoms with Crippen molar-refractivity contribution in [3.05, 3.63) is 39.8 Å². The second-order valence-electron chi connectivity index (χ2n) is 3.15. The Bertz CT molecular complexity index is 386. The summed E-state index contributed by atoms with van der Waals surface area (Å²) in [6.45, 7) is 1.71. The molecule has 5 nitrogen and oxygen atoms in total. The molecule has 0 spiro atoms. The number of hydrogen-bond acceptors (Lipinski definition) is 3. The van der Waals surface area contributed by atoms with Crippen molar-refractivity contribution in [3.63, 3.8) is 0 Å². The standard InChI is InChI=1S/C10H13N3O2/c1-7-3-4-8(10(5-7)15-2)9(6-14)12-13-11/h3-5,9,14H,6H2,1-2H3. The first kappa shape index (κ1) is 11.4. The lowest BCUT2D eigenvalue weighted by Gasteiger charge is -2.13. The maximum absolute atomic E-state index is 9.08. The Balaban J connectivity index is 3.16. The van der Waals surface area contributed by atoms with Crippen LogP contribution in [0.25, 0.3) is 10.4 Å². The zero-order chi connectivity index (χ0) is 11.3. The summed E-state index contributed by atoms with van der Waals surface area (Å²) < 4.78 is 5.16. The number of ether oxygens (including phenoxy) is 1. The minimum absolute atomic E-state index is 0.233. The fraction of sp³-hybridized carbons (Fsp3) is 0.400. The fourth-order valence-electron chi connectivity index (χ4n) is 1.35. The zero-order valence-corrected chi connectivity index (χ0v) is 8.71. The van der Waals surface area contributed by atoms with Crippen molar-refractivity contribution in [1.82, 2.24) is 0 Å². The predicted molar refractivity (Wildman–Crippen MR) is 56.7 cm³/mol. The molecule has 0 aliphatic carbocycles. The smallest absolute Gasteiger partial charge is 0.122 e. The van der Waals surface area contributed by atoms with Crippen molar-refractivity contribution >= 4 is 0 Å². The molecule has 0 saturated heterocycles. The van der Waals surface area contributed by atoms with Gasteiger partial charge in [0.05, 0.1) is 19.8 Å².